The molecule has 1 aromatic rings. The Labute approximate surface area is 50.7 Å². The highest BCUT2D eigenvalue weighted by Gasteiger charge is 1.88. The molecule has 0 radical (unpaired) electrons. The molecule has 7 heavy (non-hydrogen) atoms. The summed E-state index contributed by atoms with van der Waals surface area (Å²) in [5.41, 5.74) is -0.449. The molecular weight excluding hydrogens is 160 g/mol. The number of hydrogen-bond donors (Lipinski definition) is 2. The van der Waals surface area contributed by atoms with E-state index in [2.05, 4.69) is 21.0 Å². The van der Waals surface area contributed by atoms with E-state index < -0.39 is 5.56 Å². The molecular formula is C3H3BrN2O. The number of halogens is 1. The monoisotopic (exact) mass is 164 g/mol. The average molecular weight is 165 g/mol. The van der Waals surface area contributed by atoms with Gasteiger partial charge in [0.15, 0.2) is 1.41 Å². The van der Waals surface area contributed by atoms with Crippen LogP contribution in [0.5, 0.6) is 0 Å². The molecule has 3 nitrogen and oxygen atoms in total. The van der Waals surface area contributed by atoms with Crippen molar-refractivity contribution in [1.82, 2.24) is 10.2 Å². The largest absolute Gasteiger partial charge is 0.304 e. The van der Waals surface area contributed by atoms with Crippen molar-refractivity contribution in [3.8, 4) is 0 Å². The quantitative estimate of drug-likeness (QED) is 0.576. The molecule has 0 saturated carbocycles. The average Bonchev–Trinajstić information content (AvgIpc) is 1.98. The Morgan fingerprint density at radius 3 is 3.00 bits per heavy atom. The van der Waals surface area contributed by atoms with E-state index in [0.717, 1.165) is 0 Å². The van der Waals surface area contributed by atoms with Gasteiger partial charge in [-0.2, -0.15) is 0 Å². The minimum atomic E-state index is -0.449. The van der Waals surface area contributed by atoms with E-state index in [1.165, 1.54) is 0 Å². The molecule has 0 aliphatic carbocycles. The first-order valence-electron chi connectivity index (χ1n) is 2.54. The minimum Gasteiger partial charge on any atom is -0.304 e. The fraction of sp³-hybridized carbons (Fsp3) is 0. The topological polar surface area (TPSA) is 48.6 Å². The van der Waals surface area contributed by atoms with Gasteiger partial charge >= 0.3 is 0 Å². The van der Waals surface area contributed by atoms with Crippen LogP contribution in [-0.2, 0) is 0 Å². The summed E-state index contributed by atoms with van der Waals surface area (Å²) in [6.07, 6.45) is -0.167. The van der Waals surface area contributed by atoms with Crippen molar-refractivity contribution in [2.45, 2.75) is 0 Å². The fourth-order valence-corrected chi connectivity index (χ4v) is 0.405. The van der Waals surface area contributed by atoms with E-state index in [1.807, 2.05) is 0 Å². The number of hydrogen-bond acceptors (Lipinski definition) is 1. The van der Waals surface area contributed by atoms with Gasteiger partial charge in [0.25, 0.3) is 5.56 Å². The van der Waals surface area contributed by atoms with Crippen LogP contribution in [0.4, 0.5) is 0 Å². The predicted molar refractivity (Wildman–Crippen MR) is 29.1 cm³/mol. The van der Waals surface area contributed by atoms with E-state index in [1.54, 1.807) is 0 Å². The van der Waals surface area contributed by atoms with Crippen LogP contribution in [0.25, 0.3) is 0 Å². The first kappa shape index (κ1) is 2.71. The third-order valence-electron chi connectivity index (χ3n) is 0.511. The molecule has 0 saturated heterocycles. The van der Waals surface area contributed by atoms with Gasteiger partial charge in [-0.1, -0.05) is 0 Å². The van der Waals surface area contributed by atoms with Gasteiger partial charge in [-0.05, 0) is 15.9 Å². The van der Waals surface area contributed by atoms with Crippen molar-refractivity contribution in [1.29, 1.82) is 0 Å². The Balaban J connectivity index is 3.47. The van der Waals surface area contributed by atoms with Gasteiger partial charge in [0.2, 0.25) is 0 Å². The van der Waals surface area contributed by atoms with Crippen LogP contribution < -0.4 is 5.56 Å². The lowest BCUT2D eigenvalue weighted by atomic mass is 10.7. The highest BCUT2D eigenvalue weighted by Crippen LogP contribution is 1.94. The van der Waals surface area contributed by atoms with Gasteiger partial charge < -0.3 is 5.09 Å². The molecule has 1 aromatic heterocycles. The van der Waals surface area contributed by atoms with Gasteiger partial charge in [-0.25, -0.2) is 0 Å². The summed E-state index contributed by atoms with van der Waals surface area (Å²) in [7, 11) is 0. The van der Waals surface area contributed by atoms with Crippen molar-refractivity contribution >= 4 is 15.9 Å². The maximum Gasteiger partial charge on any atom is 0.278 e. The Kier molecular flexibility index (Phi) is 0.595. The van der Waals surface area contributed by atoms with E-state index >= 15 is 0 Å². The molecule has 0 aliphatic heterocycles. The van der Waals surface area contributed by atoms with Crippen LogP contribution in [0.2, 0.25) is 1.41 Å². The molecule has 1 heterocycles. The molecule has 0 aliphatic rings. The Bertz CT molecular complexity index is 278. The maximum absolute atomic E-state index is 10.5. The zero-order chi connectivity index (χ0) is 7.02. The summed E-state index contributed by atoms with van der Waals surface area (Å²) in [5.74, 6) is 0. The second kappa shape index (κ2) is 1.54. The summed E-state index contributed by atoms with van der Waals surface area (Å²) in [4.78, 5) is 10.5. The lowest BCUT2D eigenvalue weighted by molar-refractivity contribution is 1.06. The zero-order valence-corrected chi connectivity index (χ0v) is 4.82. The molecule has 0 atom stereocenters. The number of H-pyrrole nitrogens is 2. The SMILES string of the molecule is [2H]c1c(Br)c(=O)[nH]n1[2H]. The van der Waals surface area contributed by atoms with Crippen LogP contribution in [0.15, 0.2) is 15.4 Å². The molecule has 0 aromatic carbocycles. The third kappa shape index (κ3) is 0.742. The first-order chi connectivity index (χ1) is 4.13. The summed E-state index contributed by atoms with van der Waals surface area (Å²) in [6, 6.07) is 0. The van der Waals surface area contributed by atoms with Gasteiger partial charge in [-0.3, -0.25) is 9.89 Å². The summed E-state index contributed by atoms with van der Waals surface area (Å²) < 4.78 is 13.9. The molecule has 1 rings (SSSR count). The molecule has 0 bridgehead atoms. The van der Waals surface area contributed by atoms with Crippen molar-refractivity contribution in [3.63, 3.8) is 0 Å². The normalized spacial score (nSPS) is 13.3. The van der Waals surface area contributed by atoms with Crippen molar-refractivity contribution in [2.24, 2.45) is 0 Å². The molecule has 0 fully saturated rings. The molecule has 4 heteroatoms. The smallest absolute Gasteiger partial charge is 0.278 e. The summed E-state index contributed by atoms with van der Waals surface area (Å²) in [5, 5.41) is 2.66. The molecule has 0 amide bonds. The number of aromatic amines is 2. The summed E-state index contributed by atoms with van der Waals surface area (Å²) in [6.45, 7) is 0. The fourth-order valence-electron chi connectivity index (χ4n) is 0.228. The molecule has 0 unspecified atom stereocenters. The maximum atomic E-state index is 10.5. The van der Waals surface area contributed by atoms with Gasteiger partial charge in [0.1, 0.15) is 4.47 Å². The van der Waals surface area contributed by atoms with Crippen LogP contribution >= 0.6 is 15.9 Å². The van der Waals surface area contributed by atoms with Gasteiger partial charge in [0.05, 0.1) is 1.37 Å². The van der Waals surface area contributed by atoms with Gasteiger partial charge in [0, 0.05) is 6.17 Å². The standard InChI is InChI=1S/C3H3BrN2O/c4-2-1-5-6-3(2)7/h1H,(H2,5,6,7)/i1D/hD. The third-order valence-corrected chi connectivity index (χ3v) is 1.05. The number of rotatable bonds is 0. The van der Waals surface area contributed by atoms with E-state index in [-0.39, 0.29) is 10.6 Å². The molecule has 2 N–H and O–H groups in total. The molecule has 38 valence electrons. The Morgan fingerprint density at radius 1 is 2.14 bits per heavy atom. The van der Waals surface area contributed by atoms with Crippen LogP contribution in [-0.4, -0.2) is 10.2 Å². The zero-order valence-electron chi connectivity index (χ0n) is 5.23. The Hall–Kier alpha value is -0.510. The van der Waals surface area contributed by atoms with Crippen molar-refractivity contribution < 1.29 is 2.78 Å². The number of nitrogens with one attached hydrogen (secondary N) is 2. The second-order valence-electron chi connectivity index (χ2n) is 0.979. The van der Waals surface area contributed by atoms with E-state index in [4.69, 9.17) is 2.78 Å². The first-order valence-corrected chi connectivity index (χ1v) is 2.38. The highest BCUT2D eigenvalue weighted by molar-refractivity contribution is 9.10. The summed E-state index contributed by atoms with van der Waals surface area (Å²) >= 11 is 2.83. The second-order valence-corrected chi connectivity index (χ2v) is 1.77. The van der Waals surface area contributed by atoms with E-state index in [0.29, 0.717) is 5.09 Å². The highest BCUT2D eigenvalue weighted by atomic mass is 79.9. The lowest BCUT2D eigenvalue weighted by Gasteiger charge is -1.60. The van der Waals surface area contributed by atoms with Gasteiger partial charge in [-0.15, -0.1) is 0 Å². The Morgan fingerprint density at radius 2 is 2.86 bits per heavy atom. The predicted octanol–water partition coefficient (Wildman–Crippen LogP) is 0.465. The van der Waals surface area contributed by atoms with Crippen molar-refractivity contribution in [2.75, 3.05) is 0 Å². The van der Waals surface area contributed by atoms with Crippen LogP contribution in [0.1, 0.15) is 1.37 Å². The van der Waals surface area contributed by atoms with E-state index in [9.17, 15) is 4.79 Å². The van der Waals surface area contributed by atoms with Crippen molar-refractivity contribution in [3.05, 3.63) is 21.0 Å². The van der Waals surface area contributed by atoms with Crippen LogP contribution in [0, 0.1) is 0 Å². The number of aromatic nitrogens is 2. The minimum absolute atomic E-state index is 0.0949. The lowest BCUT2D eigenvalue weighted by Crippen LogP contribution is -1.97. The van der Waals surface area contributed by atoms with Crippen LogP contribution in [0.3, 0.4) is 0 Å². The molecule has 0 spiro atoms.